The normalized spacial score (nSPS) is 10.5. The van der Waals surface area contributed by atoms with Gasteiger partial charge in [-0.05, 0) is 47.5 Å². The summed E-state index contributed by atoms with van der Waals surface area (Å²) < 4.78 is 15.6. The molecule has 0 radical (unpaired) electrons. The van der Waals surface area contributed by atoms with Gasteiger partial charge in [-0.25, -0.2) is 0 Å². The first kappa shape index (κ1) is 24.2. The number of ether oxygens (including phenoxy) is 3. The van der Waals surface area contributed by atoms with Gasteiger partial charge in [0.25, 0.3) is 5.91 Å². The van der Waals surface area contributed by atoms with E-state index in [0.29, 0.717) is 5.75 Å². The summed E-state index contributed by atoms with van der Waals surface area (Å²) in [6, 6.07) is 24.3. The van der Waals surface area contributed by atoms with Gasteiger partial charge in [0.1, 0.15) is 11.5 Å². The van der Waals surface area contributed by atoms with Crippen molar-refractivity contribution in [1.82, 2.24) is 5.32 Å². The summed E-state index contributed by atoms with van der Waals surface area (Å²) >= 11 is 1.57. The lowest BCUT2D eigenvalue weighted by atomic mass is 9.98. The Bertz CT molecular complexity index is 975. The molecular formula is C26H27NO5S. The number of nitrogens with one attached hydrogen (secondary N) is 1. The standard InChI is InChI=1S/C26H27NO5S/c1-30-21-12-8-19(9-13-21)26(20-10-14-22(31-2)15-11-20)27-24(28)18-32-25(29)16-17-33-23-6-4-3-5-7-23/h3-15,26H,16-18H2,1-2H3,(H,27,28). The van der Waals surface area contributed by atoms with Crippen LogP contribution in [0.1, 0.15) is 23.6 Å². The molecule has 3 aromatic rings. The van der Waals surface area contributed by atoms with Crippen LogP contribution in [-0.4, -0.2) is 38.5 Å². The van der Waals surface area contributed by atoms with E-state index in [0.717, 1.165) is 27.5 Å². The predicted octanol–water partition coefficient (Wildman–Crippen LogP) is 4.64. The molecule has 1 N–H and O–H groups in total. The van der Waals surface area contributed by atoms with Crippen LogP contribution < -0.4 is 14.8 Å². The molecule has 0 aliphatic heterocycles. The zero-order valence-corrected chi connectivity index (χ0v) is 19.5. The molecule has 0 saturated heterocycles. The van der Waals surface area contributed by atoms with E-state index in [4.69, 9.17) is 14.2 Å². The first-order valence-electron chi connectivity index (χ1n) is 10.5. The summed E-state index contributed by atoms with van der Waals surface area (Å²) in [6.45, 7) is -0.336. The van der Waals surface area contributed by atoms with Crippen molar-refractivity contribution in [2.24, 2.45) is 0 Å². The van der Waals surface area contributed by atoms with Crippen LogP contribution >= 0.6 is 11.8 Å². The second-order valence-corrected chi connectivity index (χ2v) is 8.29. The number of hydrogen-bond donors (Lipinski definition) is 1. The lowest BCUT2D eigenvalue weighted by Crippen LogP contribution is -2.33. The lowest BCUT2D eigenvalue weighted by molar-refractivity contribution is -0.148. The summed E-state index contributed by atoms with van der Waals surface area (Å²) in [5.41, 5.74) is 1.75. The molecule has 0 saturated carbocycles. The maximum atomic E-state index is 12.6. The molecule has 0 atom stereocenters. The topological polar surface area (TPSA) is 73.9 Å². The van der Waals surface area contributed by atoms with Crippen molar-refractivity contribution in [3.63, 3.8) is 0 Å². The van der Waals surface area contributed by atoms with Gasteiger partial charge in [0.15, 0.2) is 6.61 Å². The number of hydrogen-bond acceptors (Lipinski definition) is 6. The van der Waals surface area contributed by atoms with Gasteiger partial charge in [-0.15, -0.1) is 11.8 Å². The van der Waals surface area contributed by atoms with Gasteiger partial charge in [0.2, 0.25) is 0 Å². The van der Waals surface area contributed by atoms with E-state index in [2.05, 4.69) is 5.32 Å². The molecule has 3 aromatic carbocycles. The van der Waals surface area contributed by atoms with Crippen LogP contribution in [0.25, 0.3) is 0 Å². The van der Waals surface area contributed by atoms with E-state index < -0.39 is 12.0 Å². The van der Waals surface area contributed by atoms with Gasteiger partial charge in [0.05, 0.1) is 26.7 Å². The minimum Gasteiger partial charge on any atom is -0.497 e. The molecule has 33 heavy (non-hydrogen) atoms. The number of amides is 1. The first-order valence-corrected chi connectivity index (χ1v) is 11.5. The molecule has 0 aromatic heterocycles. The predicted molar refractivity (Wildman–Crippen MR) is 129 cm³/mol. The first-order chi connectivity index (χ1) is 16.1. The average Bonchev–Trinajstić information content (AvgIpc) is 2.87. The number of carbonyl (C=O) groups excluding carboxylic acids is 2. The third-order valence-corrected chi connectivity index (χ3v) is 5.90. The number of benzene rings is 3. The van der Waals surface area contributed by atoms with E-state index >= 15 is 0 Å². The fourth-order valence-electron chi connectivity index (χ4n) is 3.14. The average molecular weight is 466 g/mol. The zero-order chi connectivity index (χ0) is 23.5. The van der Waals surface area contributed by atoms with Crippen molar-refractivity contribution < 1.29 is 23.8 Å². The largest absolute Gasteiger partial charge is 0.497 e. The van der Waals surface area contributed by atoms with Crippen LogP contribution in [0.5, 0.6) is 11.5 Å². The van der Waals surface area contributed by atoms with E-state index in [9.17, 15) is 9.59 Å². The van der Waals surface area contributed by atoms with Gasteiger partial charge >= 0.3 is 5.97 Å². The van der Waals surface area contributed by atoms with Crippen LogP contribution in [-0.2, 0) is 14.3 Å². The van der Waals surface area contributed by atoms with Crippen LogP contribution in [0.15, 0.2) is 83.8 Å². The summed E-state index contributed by atoms with van der Waals surface area (Å²) in [4.78, 5) is 25.8. The van der Waals surface area contributed by atoms with Gasteiger partial charge in [-0.1, -0.05) is 42.5 Å². The van der Waals surface area contributed by atoms with E-state index in [1.807, 2.05) is 78.9 Å². The van der Waals surface area contributed by atoms with Crippen molar-refractivity contribution in [3.8, 4) is 11.5 Å². The molecule has 6 nitrogen and oxygen atoms in total. The van der Waals surface area contributed by atoms with Crippen LogP contribution in [0.3, 0.4) is 0 Å². The summed E-state index contributed by atoms with van der Waals surface area (Å²) in [7, 11) is 3.20. The Morgan fingerprint density at radius 3 is 1.88 bits per heavy atom. The number of methoxy groups -OCH3 is 2. The molecule has 0 heterocycles. The smallest absolute Gasteiger partial charge is 0.307 e. The van der Waals surface area contributed by atoms with Crippen LogP contribution in [0.2, 0.25) is 0 Å². The fourth-order valence-corrected chi connectivity index (χ4v) is 4.00. The quantitative estimate of drug-likeness (QED) is 0.329. The Balaban J connectivity index is 1.57. The SMILES string of the molecule is COc1ccc(C(NC(=O)COC(=O)CCSc2ccccc2)c2ccc(OC)cc2)cc1. The maximum absolute atomic E-state index is 12.6. The number of thioether (sulfide) groups is 1. The second-order valence-electron chi connectivity index (χ2n) is 7.12. The fraction of sp³-hybridized carbons (Fsp3) is 0.231. The van der Waals surface area contributed by atoms with Crippen LogP contribution in [0.4, 0.5) is 0 Å². The molecule has 0 bridgehead atoms. The molecule has 172 valence electrons. The van der Waals surface area contributed by atoms with Gasteiger partial charge in [0, 0.05) is 10.6 Å². The van der Waals surface area contributed by atoms with Crippen molar-refractivity contribution in [1.29, 1.82) is 0 Å². The molecule has 0 fully saturated rings. The molecular weight excluding hydrogens is 438 g/mol. The molecule has 0 aliphatic rings. The summed E-state index contributed by atoms with van der Waals surface area (Å²) in [6.07, 6.45) is 0.229. The Kier molecular flexibility index (Phi) is 9.20. The highest BCUT2D eigenvalue weighted by atomic mass is 32.2. The molecule has 0 unspecified atom stereocenters. The third-order valence-electron chi connectivity index (χ3n) is 4.89. The maximum Gasteiger partial charge on any atom is 0.307 e. The van der Waals surface area contributed by atoms with Crippen molar-refractivity contribution >= 4 is 23.6 Å². The molecule has 0 spiro atoms. The van der Waals surface area contributed by atoms with Crippen molar-refractivity contribution in [3.05, 3.63) is 90.0 Å². The van der Waals surface area contributed by atoms with Crippen LogP contribution in [0, 0.1) is 0 Å². The Labute approximate surface area is 198 Å². The molecule has 7 heteroatoms. The second kappa shape index (κ2) is 12.6. The zero-order valence-electron chi connectivity index (χ0n) is 18.7. The van der Waals surface area contributed by atoms with Crippen molar-refractivity contribution in [2.45, 2.75) is 17.4 Å². The Morgan fingerprint density at radius 2 is 1.36 bits per heavy atom. The van der Waals surface area contributed by atoms with Gasteiger partial charge in [-0.2, -0.15) is 0 Å². The van der Waals surface area contributed by atoms with Gasteiger partial charge in [-0.3, -0.25) is 9.59 Å². The molecule has 0 aliphatic carbocycles. The van der Waals surface area contributed by atoms with E-state index in [1.54, 1.807) is 26.0 Å². The minimum atomic E-state index is -0.415. The lowest BCUT2D eigenvalue weighted by Gasteiger charge is -2.20. The number of rotatable bonds is 11. The van der Waals surface area contributed by atoms with Gasteiger partial charge < -0.3 is 19.5 Å². The Hall–Kier alpha value is -3.45. The highest BCUT2D eigenvalue weighted by Gasteiger charge is 2.18. The molecule has 3 rings (SSSR count). The minimum absolute atomic E-state index is 0.229. The highest BCUT2D eigenvalue weighted by molar-refractivity contribution is 7.99. The van der Waals surface area contributed by atoms with Crippen molar-refractivity contribution in [2.75, 3.05) is 26.6 Å². The van der Waals surface area contributed by atoms with E-state index in [-0.39, 0.29) is 18.9 Å². The number of carbonyl (C=O) groups is 2. The van der Waals surface area contributed by atoms with E-state index in [1.165, 1.54) is 0 Å². The Morgan fingerprint density at radius 1 is 0.818 bits per heavy atom. The monoisotopic (exact) mass is 465 g/mol. The highest BCUT2D eigenvalue weighted by Crippen LogP contribution is 2.26. The molecule has 1 amide bonds. The summed E-state index contributed by atoms with van der Waals surface area (Å²) in [5, 5.41) is 2.96. The number of esters is 1. The third kappa shape index (κ3) is 7.57. The summed E-state index contributed by atoms with van der Waals surface area (Å²) in [5.74, 6) is 1.25.